The molecule has 0 radical (unpaired) electrons. The Bertz CT molecular complexity index is 2290. The second-order valence-corrected chi connectivity index (χ2v) is 11.0. The number of para-hydroxylation sites is 2. The van der Waals surface area contributed by atoms with Gasteiger partial charge in [-0.2, -0.15) is 0 Å². The third-order valence-electron chi connectivity index (χ3n) is 8.67. The maximum absolute atomic E-state index is 2.48. The van der Waals surface area contributed by atoms with E-state index >= 15 is 0 Å². The Morgan fingerprint density at radius 3 is 1.95 bits per heavy atom. The van der Waals surface area contributed by atoms with E-state index in [0.29, 0.717) is 0 Å². The third-order valence-corrected chi connectivity index (χ3v) is 8.67. The maximum Gasteiger partial charge on any atom is 0.0640 e. The largest absolute Gasteiger partial charge is 0.309 e. The molecule has 0 fully saturated rings. The molecule has 0 saturated carbocycles. The van der Waals surface area contributed by atoms with Crippen LogP contribution in [0.1, 0.15) is 0 Å². The van der Waals surface area contributed by atoms with Crippen molar-refractivity contribution in [3.8, 4) is 27.9 Å². The molecule has 1 aromatic heterocycles. The van der Waals surface area contributed by atoms with Gasteiger partial charge in [0.15, 0.2) is 0 Å². The molecule has 0 unspecified atom stereocenters. The van der Waals surface area contributed by atoms with E-state index in [1.54, 1.807) is 0 Å². The van der Waals surface area contributed by atoms with Crippen LogP contribution in [0.5, 0.6) is 0 Å². The molecule has 0 bridgehead atoms. The van der Waals surface area contributed by atoms with E-state index in [4.69, 9.17) is 0 Å². The van der Waals surface area contributed by atoms with Crippen molar-refractivity contribution >= 4 is 49.6 Å². The molecule has 0 N–H and O–H groups in total. The zero-order valence-corrected chi connectivity index (χ0v) is 22.9. The number of hydrogen-bond acceptors (Lipinski definition) is 1. The van der Waals surface area contributed by atoms with Gasteiger partial charge < -0.3 is 9.47 Å². The van der Waals surface area contributed by atoms with E-state index in [0.717, 1.165) is 11.4 Å². The van der Waals surface area contributed by atoms with Crippen LogP contribution in [0.25, 0.3) is 60.5 Å². The summed E-state index contributed by atoms with van der Waals surface area (Å²) >= 11 is 0. The van der Waals surface area contributed by atoms with Crippen LogP contribution in [0.2, 0.25) is 0 Å². The molecule has 0 atom stereocenters. The number of benzene rings is 7. The standard InChI is InChI=1S/C40H26N2/c1-3-12-27(13-4-1)29-16-9-19-31(26-29)41-35-22-8-7-20-34(35)39-37(41)25-24-33-32-21-10-14-28-15-11-23-36(38(28)32)42(40(33)39)30-17-5-2-6-18-30/h1-26H. The Balaban J connectivity index is 1.41. The van der Waals surface area contributed by atoms with Gasteiger partial charge in [0.25, 0.3) is 0 Å². The Morgan fingerprint density at radius 2 is 1.10 bits per heavy atom. The van der Waals surface area contributed by atoms with Gasteiger partial charge in [-0.3, -0.25) is 0 Å². The summed E-state index contributed by atoms with van der Waals surface area (Å²) in [4.78, 5) is 2.48. The van der Waals surface area contributed by atoms with E-state index in [9.17, 15) is 0 Å². The van der Waals surface area contributed by atoms with Gasteiger partial charge in [-0.1, -0.05) is 115 Å². The number of rotatable bonds is 3. The first kappa shape index (κ1) is 23.1. The van der Waals surface area contributed by atoms with Crippen molar-refractivity contribution in [2.24, 2.45) is 0 Å². The fourth-order valence-corrected chi connectivity index (χ4v) is 6.92. The zero-order valence-electron chi connectivity index (χ0n) is 22.9. The lowest BCUT2D eigenvalue weighted by Crippen LogP contribution is -2.15. The van der Waals surface area contributed by atoms with Crippen molar-refractivity contribution in [2.45, 2.75) is 0 Å². The smallest absolute Gasteiger partial charge is 0.0640 e. The fraction of sp³-hybridized carbons (Fsp3) is 0. The lowest BCUT2D eigenvalue weighted by Gasteiger charge is -2.34. The van der Waals surface area contributed by atoms with Crippen LogP contribution in [0, 0.1) is 0 Å². The minimum Gasteiger partial charge on any atom is -0.309 e. The van der Waals surface area contributed by atoms with E-state index < -0.39 is 0 Å². The zero-order chi connectivity index (χ0) is 27.6. The highest BCUT2D eigenvalue weighted by Crippen LogP contribution is 2.54. The molecule has 2 heterocycles. The number of fused-ring (bicyclic) bond motifs is 6. The van der Waals surface area contributed by atoms with Gasteiger partial charge in [-0.25, -0.2) is 0 Å². The average Bonchev–Trinajstić information content (AvgIpc) is 3.41. The lowest BCUT2D eigenvalue weighted by molar-refractivity contribution is 1.18. The summed E-state index contributed by atoms with van der Waals surface area (Å²) in [6.07, 6.45) is 0. The number of nitrogens with zero attached hydrogens (tertiary/aromatic N) is 2. The molecule has 196 valence electrons. The highest BCUT2D eigenvalue weighted by molar-refractivity contribution is 6.24. The summed E-state index contributed by atoms with van der Waals surface area (Å²) in [6, 6.07) is 57.2. The molecule has 0 aliphatic carbocycles. The Labute approximate surface area is 244 Å². The summed E-state index contributed by atoms with van der Waals surface area (Å²) < 4.78 is 2.43. The van der Waals surface area contributed by atoms with Gasteiger partial charge in [-0.05, 0) is 64.5 Å². The molecule has 1 aliphatic rings. The highest BCUT2D eigenvalue weighted by atomic mass is 15.2. The van der Waals surface area contributed by atoms with Crippen molar-refractivity contribution in [1.82, 2.24) is 4.57 Å². The predicted octanol–water partition coefficient (Wildman–Crippen LogP) is 11.1. The van der Waals surface area contributed by atoms with Gasteiger partial charge in [-0.15, -0.1) is 0 Å². The number of hydrogen-bond donors (Lipinski definition) is 0. The quantitative estimate of drug-likeness (QED) is 0.219. The molecule has 2 heteroatoms. The molecule has 8 aromatic rings. The minimum atomic E-state index is 1.16. The van der Waals surface area contributed by atoms with E-state index in [-0.39, 0.29) is 0 Å². The topological polar surface area (TPSA) is 8.17 Å². The molecule has 2 nitrogen and oxygen atoms in total. The van der Waals surface area contributed by atoms with Crippen molar-refractivity contribution in [1.29, 1.82) is 0 Å². The van der Waals surface area contributed by atoms with Crippen LogP contribution in [-0.4, -0.2) is 4.57 Å². The van der Waals surface area contributed by atoms with Crippen molar-refractivity contribution in [3.63, 3.8) is 0 Å². The lowest BCUT2D eigenvalue weighted by atomic mass is 9.89. The molecule has 0 saturated heterocycles. The summed E-state index contributed by atoms with van der Waals surface area (Å²) in [5.74, 6) is 0. The second kappa shape index (κ2) is 8.95. The van der Waals surface area contributed by atoms with Gasteiger partial charge >= 0.3 is 0 Å². The van der Waals surface area contributed by atoms with Crippen LogP contribution in [0.15, 0.2) is 158 Å². The van der Waals surface area contributed by atoms with E-state index in [1.165, 1.54) is 66.2 Å². The van der Waals surface area contributed by atoms with Crippen LogP contribution in [0.4, 0.5) is 17.1 Å². The molecular formula is C40H26N2. The Morgan fingerprint density at radius 1 is 0.405 bits per heavy atom. The van der Waals surface area contributed by atoms with Gasteiger partial charge in [0.1, 0.15) is 0 Å². The summed E-state index contributed by atoms with van der Waals surface area (Å²) in [7, 11) is 0. The molecular weight excluding hydrogens is 508 g/mol. The first-order valence-electron chi connectivity index (χ1n) is 14.5. The molecule has 9 rings (SSSR count). The first-order chi connectivity index (χ1) is 20.9. The second-order valence-electron chi connectivity index (χ2n) is 11.0. The Hall–Kier alpha value is -5.60. The maximum atomic E-state index is 2.48. The average molecular weight is 535 g/mol. The monoisotopic (exact) mass is 534 g/mol. The summed E-state index contributed by atoms with van der Waals surface area (Å²) in [5, 5.41) is 5.08. The third kappa shape index (κ3) is 3.27. The van der Waals surface area contributed by atoms with Gasteiger partial charge in [0.05, 0.1) is 22.4 Å². The number of aromatic nitrogens is 1. The van der Waals surface area contributed by atoms with Crippen molar-refractivity contribution in [2.75, 3.05) is 4.90 Å². The minimum absolute atomic E-state index is 1.16. The van der Waals surface area contributed by atoms with E-state index in [2.05, 4.69) is 167 Å². The Kier molecular flexibility index (Phi) is 4.93. The highest BCUT2D eigenvalue weighted by Gasteiger charge is 2.29. The normalized spacial score (nSPS) is 12.2. The van der Waals surface area contributed by atoms with Crippen LogP contribution < -0.4 is 4.90 Å². The predicted molar refractivity (Wildman–Crippen MR) is 177 cm³/mol. The number of anilines is 3. The fourth-order valence-electron chi connectivity index (χ4n) is 6.92. The van der Waals surface area contributed by atoms with Crippen LogP contribution in [-0.2, 0) is 0 Å². The molecule has 0 spiro atoms. The van der Waals surface area contributed by atoms with Gasteiger partial charge in [0, 0.05) is 33.1 Å². The van der Waals surface area contributed by atoms with Crippen LogP contribution in [0.3, 0.4) is 0 Å². The summed E-state index contributed by atoms with van der Waals surface area (Å²) in [6.45, 7) is 0. The summed E-state index contributed by atoms with van der Waals surface area (Å²) in [5.41, 5.74) is 12.2. The first-order valence-corrected chi connectivity index (χ1v) is 14.5. The van der Waals surface area contributed by atoms with Crippen LogP contribution >= 0.6 is 0 Å². The van der Waals surface area contributed by atoms with E-state index in [1.807, 2.05) is 0 Å². The molecule has 1 aliphatic heterocycles. The molecule has 7 aromatic carbocycles. The van der Waals surface area contributed by atoms with Crippen molar-refractivity contribution in [3.05, 3.63) is 158 Å². The van der Waals surface area contributed by atoms with Crippen molar-refractivity contribution < 1.29 is 0 Å². The SMILES string of the molecule is c1ccc(-c2cccc(-n3c4ccccc4c4c5c(ccc43)-c3cccc4cccc(c34)N5c3ccccc3)c2)cc1. The van der Waals surface area contributed by atoms with Gasteiger partial charge in [0.2, 0.25) is 0 Å². The molecule has 0 amide bonds. The molecule has 42 heavy (non-hydrogen) atoms.